The van der Waals surface area contributed by atoms with Gasteiger partial charge in [-0.25, -0.2) is 0 Å². The molecule has 0 bridgehead atoms. The molecule has 0 amide bonds. The lowest BCUT2D eigenvalue weighted by Crippen LogP contribution is -2.13. The van der Waals surface area contributed by atoms with Crippen LogP contribution in [0.15, 0.2) is 34.5 Å². The molecule has 0 saturated carbocycles. The Morgan fingerprint density at radius 2 is 1.19 bits per heavy atom. The highest BCUT2D eigenvalue weighted by atomic mass is 15.5. The van der Waals surface area contributed by atoms with Gasteiger partial charge >= 0.3 is 0 Å². The third-order valence-electron chi connectivity index (χ3n) is 2.83. The van der Waals surface area contributed by atoms with E-state index in [1.807, 2.05) is 22.4 Å². The molecule has 2 aliphatic rings. The molecule has 0 N–H and O–H groups in total. The molecule has 1 aromatic carbocycles. The molecule has 0 unspecified atom stereocenters. The number of hydrazone groups is 2. The molecule has 16 heavy (non-hydrogen) atoms. The molecule has 0 radical (unpaired) electrons. The van der Waals surface area contributed by atoms with Crippen LogP contribution in [0.2, 0.25) is 0 Å². The maximum Gasteiger partial charge on any atom is 0.0595 e. The van der Waals surface area contributed by atoms with E-state index in [1.165, 1.54) is 0 Å². The number of anilines is 2. The predicted octanol–water partition coefficient (Wildman–Crippen LogP) is 2.08. The largest absolute Gasteiger partial charge is 0.266 e. The summed E-state index contributed by atoms with van der Waals surface area (Å²) in [7, 11) is 0. The Labute approximate surface area is 94.9 Å². The van der Waals surface area contributed by atoms with Crippen LogP contribution < -0.4 is 10.0 Å². The summed E-state index contributed by atoms with van der Waals surface area (Å²) in [5.41, 5.74) is 2.31. The van der Waals surface area contributed by atoms with Crippen molar-refractivity contribution < 1.29 is 0 Å². The maximum atomic E-state index is 4.30. The second-order valence-electron chi connectivity index (χ2n) is 3.94. The lowest BCUT2D eigenvalue weighted by Gasteiger charge is -2.17. The maximum absolute atomic E-state index is 4.30. The topological polar surface area (TPSA) is 31.2 Å². The van der Waals surface area contributed by atoms with Crippen molar-refractivity contribution in [2.75, 3.05) is 23.1 Å². The Kier molecular flexibility index (Phi) is 2.33. The first kappa shape index (κ1) is 9.39. The van der Waals surface area contributed by atoms with Gasteiger partial charge in [0.25, 0.3) is 0 Å². The number of benzene rings is 1. The first-order valence-corrected chi connectivity index (χ1v) is 5.63. The average molecular weight is 214 g/mol. The van der Waals surface area contributed by atoms with E-state index in [1.54, 1.807) is 0 Å². The summed E-state index contributed by atoms with van der Waals surface area (Å²) >= 11 is 0. The quantitative estimate of drug-likeness (QED) is 0.754. The second kappa shape index (κ2) is 3.96. The molecule has 4 heteroatoms. The highest BCUT2D eigenvalue weighted by molar-refractivity contribution is 5.68. The van der Waals surface area contributed by atoms with Crippen LogP contribution >= 0.6 is 0 Å². The molecule has 2 heterocycles. The zero-order chi connectivity index (χ0) is 10.8. The van der Waals surface area contributed by atoms with Crippen LogP contribution in [0.5, 0.6) is 0 Å². The van der Waals surface area contributed by atoms with Gasteiger partial charge in [0.05, 0.1) is 11.4 Å². The summed E-state index contributed by atoms with van der Waals surface area (Å²) in [5, 5.41) is 12.6. The lowest BCUT2D eigenvalue weighted by atomic mass is 10.2. The highest BCUT2D eigenvalue weighted by Gasteiger charge is 2.11. The predicted molar refractivity (Wildman–Crippen MR) is 67.4 cm³/mol. The molecule has 4 nitrogen and oxygen atoms in total. The standard InChI is InChI=1S/C12H14N4/c1-7-13-15(9-1)11-3-5-12(6-4-11)16-10-2-8-14-16/h3-8H,1-2,9-10H2. The second-order valence-corrected chi connectivity index (χ2v) is 3.94. The van der Waals surface area contributed by atoms with E-state index in [0.717, 1.165) is 37.3 Å². The van der Waals surface area contributed by atoms with Crippen molar-refractivity contribution in [2.45, 2.75) is 12.8 Å². The minimum absolute atomic E-state index is 0.987. The smallest absolute Gasteiger partial charge is 0.0595 e. The third kappa shape index (κ3) is 1.66. The number of hydrogen-bond acceptors (Lipinski definition) is 4. The van der Waals surface area contributed by atoms with Crippen LogP contribution in [-0.4, -0.2) is 25.5 Å². The molecular weight excluding hydrogens is 200 g/mol. The molecule has 0 aromatic heterocycles. The van der Waals surface area contributed by atoms with Crippen molar-refractivity contribution in [3.63, 3.8) is 0 Å². The molecule has 0 aliphatic carbocycles. The summed E-state index contributed by atoms with van der Waals surface area (Å²) in [6.07, 6.45) is 5.99. The Morgan fingerprint density at radius 1 is 0.750 bits per heavy atom. The normalized spacial score (nSPS) is 18.8. The molecule has 82 valence electrons. The molecular formula is C12H14N4. The van der Waals surface area contributed by atoms with E-state index in [0.29, 0.717) is 0 Å². The zero-order valence-corrected chi connectivity index (χ0v) is 9.08. The van der Waals surface area contributed by atoms with Gasteiger partial charge in [-0.1, -0.05) is 0 Å². The molecule has 0 spiro atoms. The Morgan fingerprint density at radius 3 is 1.50 bits per heavy atom. The third-order valence-corrected chi connectivity index (χ3v) is 2.83. The van der Waals surface area contributed by atoms with Crippen LogP contribution in [0.25, 0.3) is 0 Å². The molecule has 0 fully saturated rings. The zero-order valence-electron chi connectivity index (χ0n) is 9.08. The van der Waals surface area contributed by atoms with Gasteiger partial charge in [0.1, 0.15) is 0 Å². The highest BCUT2D eigenvalue weighted by Crippen LogP contribution is 2.23. The van der Waals surface area contributed by atoms with Crippen molar-refractivity contribution in [3.8, 4) is 0 Å². The van der Waals surface area contributed by atoms with Crippen molar-refractivity contribution in [1.29, 1.82) is 0 Å². The van der Waals surface area contributed by atoms with Gasteiger partial charge in [-0.05, 0) is 24.3 Å². The van der Waals surface area contributed by atoms with Crippen LogP contribution in [0.3, 0.4) is 0 Å². The monoisotopic (exact) mass is 214 g/mol. The summed E-state index contributed by atoms with van der Waals surface area (Å²) in [6.45, 7) is 1.97. The first-order valence-electron chi connectivity index (χ1n) is 5.63. The molecule has 1 aromatic rings. The molecule has 0 atom stereocenters. The van der Waals surface area contributed by atoms with E-state index in [-0.39, 0.29) is 0 Å². The van der Waals surface area contributed by atoms with E-state index < -0.39 is 0 Å². The van der Waals surface area contributed by atoms with Gasteiger partial charge in [-0.15, -0.1) is 0 Å². The van der Waals surface area contributed by atoms with Gasteiger partial charge in [0.15, 0.2) is 0 Å². The summed E-state index contributed by atoms with van der Waals surface area (Å²) in [6, 6.07) is 8.41. The molecule has 3 rings (SSSR count). The summed E-state index contributed by atoms with van der Waals surface area (Å²) < 4.78 is 0. The summed E-state index contributed by atoms with van der Waals surface area (Å²) in [4.78, 5) is 0. The van der Waals surface area contributed by atoms with Gasteiger partial charge in [0.2, 0.25) is 0 Å². The van der Waals surface area contributed by atoms with E-state index in [9.17, 15) is 0 Å². The first-order chi connectivity index (χ1) is 7.93. The van der Waals surface area contributed by atoms with Gasteiger partial charge in [-0.2, -0.15) is 10.2 Å². The minimum Gasteiger partial charge on any atom is -0.266 e. The Bertz CT molecular complexity index is 380. The number of rotatable bonds is 2. The SMILES string of the molecule is C1=NN(c2ccc(N3CCC=N3)cc2)CC1. The average Bonchev–Trinajstić information content (AvgIpc) is 3.03. The van der Waals surface area contributed by atoms with E-state index in [2.05, 4.69) is 34.5 Å². The van der Waals surface area contributed by atoms with Crippen molar-refractivity contribution in [2.24, 2.45) is 10.2 Å². The van der Waals surface area contributed by atoms with Gasteiger partial charge in [0, 0.05) is 38.4 Å². The number of hydrogen-bond donors (Lipinski definition) is 0. The van der Waals surface area contributed by atoms with Crippen LogP contribution in [0.1, 0.15) is 12.8 Å². The minimum atomic E-state index is 0.987. The van der Waals surface area contributed by atoms with Crippen molar-refractivity contribution in [1.82, 2.24) is 0 Å². The van der Waals surface area contributed by atoms with Crippen molar-refractivity contribution >= 4 is 23.8 Å². The van der Waals surface area contributed by atoms with Gasteiger partial charge in [-0.3, -0.25) is 10.0 Å². The lowest BCUT2D eigenvalue weighted by molar-refractivity contribution is 0.910. The van der Waals surface area contributed by atoms with E-state index in [4.69, 9.17) is 0 Å². The number of nitrogens with zero attached hydrogens (tertiary/aromatic N) is 4. The van der Waals surface area contributed by atoms with Crippen LogP contribution in [-0.2, 0) is 0 Å². The van der Waals surface area contributed by atoms with Crippen LogP contribution in [0, 0.1) is 0 Å². The van der Waals surface area contributed by atoms with Crippen molar-refractivity contribution in [3.05, 3.63) is 24.3 Å². The summed E-state index contributed by atoms with van der Waals surface area (Å²) in [5.74, 6) is 0. The fraction of sp³-hybridized carbons (Fsp3) is 0.333. The molecule has 0 saturated heterocycles. The fourth-order valence-electron chi connectivity index (χ4n) is 1.98. The van der Waals surface area contributed by atoms with Crippen LogP contribution in [0.4, 0.5) is 11.4 Å². The molecule has 2 aliphatic heterocycles. The Hall–Kier alpha value is -1.84. The van der Waals surface area contributed by atoms with Gasteiger partial charge < -0.3 is 0 Å². The fourth-order valence-corrected chi connectivity index (χ4v) is 1.98. The Balaban J connectivity index is 1.79. The van der Waals surface area contributed by atoms with E-state index >= 15 is 0 Å².